The molecule has 0 radical (unpaired) electrons. The zero-order valence-electron chi connectivity index (χ0n) is 10.5. The number of nitrogens with one attached hydrogen (secondary N) is 1. The highest BCUT2D eigenvalue weighted by Crippen LogP contribution is 2.12. The fraction of sp³-hybridized carbons (Fsp3) is 0.769. The van der Waals surface area contributed by atoms with Gasteiger partial charge in [-0.15, -0.1) is 0 Å². The van der Waals surface area contributed by atoms with Crippen LogP contribution in [0.15, 0.2) is 12.7 Å². The van der Waals surface area contributed by atoms with Gasteiger partial charge >= 0.3 is 0 Å². The number of rotatable bonds is 5. The van der Waals surface area contributed by atoms with Crippen LogP contribution in [0.25, 0.3) is 0 Å². The Hall–Kier alpha value is -0.830. The molecule has 92 valence electrons. The van der Waals surface area contributed by atoms with Crippen molar-refractivity contribution in [2.75, 3.05) is 13.1 Å². The standard InChI is InChI=1S/C13H24N2O/c1-4-13(16)15(11(2)3)10-8-12-7-5-6-9-14-12/h4,11-12,14H,1,5-10H2,2-3H3. The van der Waals surface area contributed by atoms with Gasteiger partial charge in [0.2, 0.25) is 5.91 Å². The first-order valence-corrected chi connectivity index (χ1v) is 6.31. The fourth-order valence-corrected chi connectivity index (χ4v) is 2.21. The predicted octanol–water partition coefficient (Wildman–Crippen LogP) is 1.94. The Morgan fingerprint density at radius 2 is 2.31 bits per heavy atom. The second-order valence-corrected chi connectivity index (χ2v) is 4.77. The van der Waals surface area contributed by atoms with E-state index in [2.05, 4.69) is 25.7 Å². The summed E-state index contributed by atoms with van der Waals surface area (Å²) in [6, 6.07) is 0.849. The van der Waals surface area contributed by atoms with Crippen molar-refractivity contribution in [2.45, 2.75) is 51.6 Å². The molecule has 0 bridgehead atoms. The van der Waals surface area contributed by atoms with E-state index in [0.29, 0.717) is 6.04 Å². The maximum Gasteiger partial charge on any atom is 0.246 e. The molecule has 1 saturated heterocycles. The molecule has 1 amide bonds. The van der Waals surface area contributed by atoms with Gasteiger partial charge in [0.1, 0.15) is 0 Å². The van der Waals surface area contributed by atoms with Crippen molar-refractivity contribution in [3.8, 4) is 0 Å². The van der Waals surface area contributed by atoms with Crippen LogP contribution in [0.4, 0.5) is 0 Å². The molecule has 1 rings (SSSR count). The molecule has 3 nitrogen and oxygen atoms in total. The van der Waals surface area contributed by atoms with Crippen molar-refractivity contribution in [1.29, 1.82) is 0 Å². The van der Waals surface area contributed by atoms with Crippen LogP contribution in [0.1, 0.15) is 39.5 Å². The summed E-state index contributed by atoms with van der Waals surface area (Å²) in [6.45, 7) is 9.61. The molecule has 0 spiro atoms. The van der Waals surface area contributed by atoms with Gasteiger partial charge < -0.3 is 10.2 Å². The largest absolute Gasteiger partial charge is 0.337 e. The zero-order valence-corrected chi connectivity index (χ0v) is 10.5. The summed E-state index contributed by atoms with van der Waals surface area (Å²) in [4.78, 5) is 13.5. The van der Waals surface area contributed by atoms with Crippen molar-refractivity contribution >= 4 is 5.91 Å². The minimum atomic E-state index is 0.0470. The van der Waals surface area contributed by atoms with E-state index < -0.39 is 0 Å². The molecule has 1 aliphatic heterocycles. The lowest BCUT2D eigenvalue weighted by Crippen LogP contribution is -2.41. The Balaban J connectivity index is 2.36. The first-order valence-electron chi connectivity index (χ1n) is 6.31. The lowest BCUT2D eigenvalue weighted by molar-refractivity contribution is -0.127. The van der Waals surface area contributed by atoms with Crippen LogP contribution in [-0.2, 0) is 4.79 Å². The molecule has 0 aromatic rings. The summed E-state index contributed by atoms with van der Waals surface area (Å²) in [5.74, 6) is 0.0470. The molecular formula is C13H24N2O. The molecule has 1 aliphatic rings. The minimum Gasteiger partial charge on any atom is -0.337 e. The second-order valence-electron chi connectivity index (χ2n) is 4.77. The number of amides is 1. The maximum atomic E-state index is 11.6. The summed E-state index contributed by atoms with van der Waals surface area (Å²) in [6.07, 6.45) is 6.31. The first kappa shape index (κ1) is 13.2. The van der Waals surface area contributed by atoms with E-state index in [1.807, 2.05) is 4.90 Å². The maximum absolute atomic E-state index is 11.6. The number of carbonyl (C=O) groups excluding carboxylic acids is 1. The molecule has 0 aromatic carbocycles. The third-order valence-electron chi connectivity index (χ3n) is 3.21. The molecular weight excluding hydrogens is 200 g/mol. The van der Waals surface area contributed by atoms with Crippen molar-refractivity contribution in [2.24, 2.45) is 0 Å². The molecule has 0 aromatic heterocycles. The van der Waals surface area contributed by atoms with Gasteiger partial charge in [-0.1, -0.05) is 13.0 Å². The quantitative estimate of drug-likeness (QED) is 0.724. The third-order valence-corrected chi connectivity index (χ3v) is 3.21. The Morgan fingerprint density at radius 1 is 1.56 bits per heavy atom. The van der Waals surface area contributed by atoms with E-state index in [4.69, 9.17) is 0 Å². The van der Waals surface area contributed by atoms with Gasteiger partial charge in [0.15, 0.2) is 0 Å². The van der Waals surface area contributed by atoms with Crippen LogP contribution >= 0.6 is 0 Å². The van der Waals surface area contributed by atoms with Crippen LogP contribution in [0.5, 0.6) is 0 Å². The van der Waals surface area contributed by atoms with Crippen molar-refractivity contribution < 1.29 is 4.79 Å². The first-order chi connectivity index (χ1) is 7.65. The second kappa shape index (κ2) is 6.69. The van der Waals surface area contributed by atoms with Crippen molar-refractivity contribution in [1.82, 2.24) is 10.2 Å². The summed E-state index contributed by atoms with van der Waals surface area (Å²) >= 11 is 0. The average Bonchev–Trinajstić information content (AvgIpc) is 2.30. The molecule has 1 unspecified atom stereocenters. The van der Waals surface area contributed by atoms with E-state index in [1.54, 1.807) is 0 Å². The smallest absolute Gasteiger partial charge is 0.246 e. The number of carbonyl (C=O) groups is 1. The Kier molecular flexibility index (Phi) is 5.53. The highest BCUT2D eigenvalue weighted by atomic mass is 16.2. The fourth-order valence-electron chi connectivity index (χ4n) is 2.21. The summed E-state index contributed by atoms with van der Waals surface area (Å²) in [5.41, 5.74) is 0. The van der Waals surface area contributed by atoms with Gasteiger partial charge in [-0.3, -0.25) is 4.79 Å². The van der Waals surface area contributed by atoms with Crippen molar-refractivity contribution in [3.63, 3.8) is 0 Å². The van der Waals surface area contributed by atoms with Gasteiger partial charge in [-0.05, 0) is 45.7 Å². The Morgan fingerprint density at radius 3 is 2.81 bits per heavy atom. The molecule has 1 atom stereocenters. The van der Waals surface area contributed by atoms with E-state index >= 15 is 0 Å². The number of piperidine rings is 1. The molecule has 0 aliphatic carbocycles. The predicted molar refractivity (Wildman–Crippen MR) is 67.3 cm³/mol. The molecule has 16 heavy (non-hydrogen) atoms. The van der Waals surface area contributed by atoms with Gasteiger partial charge in [0.25, 0.3) is 0 Å². The Bertz CT molecular complexity index is 232. The molecule has 0 saturated carbocycles. The summed E-state index contributed by atoms with van der Waals surface area (Å²) in [5, 5.41) is 3.51. The molecule has 1 fully saturated rings. The van der Waals surface area contributed by atoms with Gasteiger partial charge in [-0.2, -0.15) is 0 Å². The SMILES string of the molecule is C=CC(=O)N(CCC1CCCCN1)C(C)C. The van der Waals surface area contributed by atoms with Gasteiger partial charge in [0, 0.05) is 18.6 Å². The molecule has 1 heterocycles. The normalized spacial score (nSPS) is 20.8. The minimum absolute atomic E-state index is 0.0470. The third kappa shape index (κ3) is 3.97. The molecule has 1 N–H and O–H groups in total. The number of nitrogens with zero attached hydrogens (tertiary/aromatic N) is 1. The van der Waals surface area contributed by atoms with Crippen LogP contribution in [0, 0.1) is 0 Å². The van der Waals surface area contributed by atoms with Gasteiger partial charge in [-0.25, -0.2) is 0 Å². The lowest BCUT2D eigenvalue weighted by atomic mass is 10.0. The highest BCUT2D eigenvalue weighted by Gasteiger charge is 2.17. The van der Waals surface area contributed by atoms with Crippen LogP contribution in [-0.4, -0.2) is 36.0 Å². The van der Waals surface area contributed by atoms with Crippen LogP contribution < -0.4 is 5.32 Å². The number of hydrogen-bond donors (Lipinski definition) is 1. The van der Waals surface area contributed by atoms with E-state index in [-0.39, 0.29) is 11.9 Å². The topological polar surface area (TPSA) is 32.3 Å². The summed E-state index contributed by atoms with van der Waals surface area (Å²) in [7, 11) is 0. The average molecular weight is 224 g/mol. The lowest BCUT2D eigenvalue weighted by Gasteiger charge is -2.29. The zero-order chi connectivity index (χ0) is 12.0. The van der Waals surface area contributed by atoms with E-state index in [0.717, 1.165) is 19.5 Å². The van der Waals surface area contributed by atoms with Gasteiger partial charge in [0.05, 0.1) is 0 Å². The van der Waals surface area contributed by atoms with Crippen molar-refractivity contribution in [3.05, 3.63) is 12.7 Å². The highest BCUT2D eigenvalue weighted by molar-refractivity contribution is 5.87. The van der Waals surface area contributed by atoms with Crippen LogP contribution in [0.2, 0.25) is 0 Å². The Labute approximate surface area is 98.9 Å². The summed E-state index contributed by atoms with van der Waals surface area (Å²) < 4.78 is 0. The van der Waals surface area contributed by atoms with E-state index in [1.165, 1.54) is 25.3 Å². The monoisotopic (exact) mass is 224 g/mol. The number of hydrogen-bond acceptors (Lipinski definition) is 2. The molecule has 3 heteroatoms. The van der Waals surface area contributed by atoms with Crippen LogP contribution in [0.3, 0.4) is 0 Å². The van der Waals surface area contributed by atoms with E-state index in [9.17, 15) is 4.79 Å².